The van der Waals surface area contributed by atoms with Crippen LogP contribution in [0.25, 0.3) is 0 Å². The van der Waals surface area contributed by atoms with Gasteiger partial charge in [-0.25, -0.2) is 0 Å². The van der Waals surface area contributed by atoms with Gasteiger partial charge in [-0.3, -0.25) is 9.98 Å². The Balaban J connectivity index is 1.51. The molecule has 1 aromatic heterocycles. The molecule has 0 unspecified atom stereocenters. The van der Waals surface area contributed by atoms with E-state index in [0.29, 0.717) is 5.54 Å². The summed E-state index contributed by atoms with van der Waals surface area (Å²) in [4.78, 5) is 8.87. The summed E-state index contributed by atoms with van der Waals surface area (Å²) in [6.45, 7) is 3.23. The fourth-order valence-corrected chi connectivity index (χ4v) is 4.25. The summed E-state index contributed by atoms with van der Waals surface area (Å²) in [5.41, 5.74) is 1.62. The van der Waals surface area contributed by atoms with Gasteiger partial charge in [-0.05, 0) is 49.7 Å². The predicted molar refractivity (Wildman–Crippen MR) is 86.2 cm³/mol. The van der Waals surface area contributed by atoms with Crippen molar-refractivity contribution in [1.82, 2.24) is 10.3 Å². The molecule has 1 aliphatic carbocycles. The summed E-state index contributed by atoms with van der Waals surface area (Å²) >= 11 is 1.91. The van der Waals surface area contributed by atoms with E-state index in [-0.39, 0.29) is 0 Å². The van der Waals surface area contributed by atoms with Crippen molar-refractivity contribution in [1.29, 1.82) is 0 Å². The number of amidine groups is 1. The first-order valence-corrected chi connectivity index (χ1v) is 8.59. The fourth-order valence-electron chi connectivity index (χ4n) is 3.01. The van der Waals surface area contributed by atoms with E-state index in [1.807, 2.05) is 30.2 Å². The summed E-state index contributed by atoms with van der Waals surface area (Å²) in [5.74, 6) is 2.10. The zero-order valence-corrected chi connectivity index (χ0v) is 13.0. The Morgan fingerprint density at radius 1 is 1.45 bits per heavy atom. The van der Waals surface area contributed by atoms with Gasteiger partial charge >= 0.3 is 0 Å². The quantitative estimate of drug-likeness (QED) is 0.928. The molecule has 1 aromatic rings. The van der Waals surface area contributed by atoms with Crippen LogP contribution in [0.4, 0.5) is 0 Å². The third-order valence-electron chi connectivity index (χ3n) is 4.47. The lowest BCUT2D eigenvalue weighted by Crippen LogP contribution is -2.46. The Labute approximate surface area is 125 Å². The number of hydrogen-bond donors (Lipinski definition) is 1. The third kappa shape index (κ3) is 3.35. The molecule has 2 aliphatic rings. The van der Waals surface area contributed by atoms with Crippen LogP contribution in [0.5, 0.6) is 0 Å². The van der Waals surface area contributed by atoms with Gasteiger partial charge in [0.25, 0.3) is 0 Å². The van der Waals surface area contributed by atoms with E-state index in [4.69, 9.17) is 4.99 Å². The van der Waals surface area contributed by atoms with E-state index in [0.717, 1.165) is 24.1 Å². The molecule has 0 atom stereocenters. The molecule has 2 heterocycles. The minimum absolute atomic E-state index is 0.352. The van der Waals surface area contributed by atoms with Crippen LogP contribution >= 0.6 is 11.8 Å². The highest BCUT2D eigenvalue weighted by atomic mass is 32.2. The van der Waals surface area contributed by atoms with Gasteiger partial charge < -0.3 is 5.32 Å². The maximum atomic E-state index is 4.73. The average Bonchev–Trinajstić information content (AvgIpc) is 2.87. The molecule has 1 N–H and O–H groups in total. The maximum absolute atomic E-state index is 4.73. The molecule has 1 saturated carbocycles. The first kappa shape index (κ1) is 13.9. The van der Waals surface area contributed by atoms with Crippen LogP contribution in [0.15, 0.2) is 29.5 Å². The highest BCUT2D eigenvalue weighted by Gasteiger charge is 2.39. The number of hydrogen-bond acceptors (Lipinski definition) is 3. The molecule has 4 heteroatoms. The summed E-state index contributed by atoms with van der Waals surface area (Å²) in [5, 5.41) is 4.87. The topological polar surface area (TPSA) is 37.3 Å². The molecular weight excluding hydrogens is 266 g/mol. The van der Waals surface area contributed by atoms with Gasteiger partial charge in [0.05, 0.1) is 0 Å². The van der Waals surface area contributed by atoms with Crippen LogP contribution in [0.3, 0.4) is 0 Å². The Morgan fingerprint density at radius 3 is 3.05 bits per heavy atom. The zero-order valence-electron chi connectivity index (χ0n) is 12.1. The van der Waals surface area contributed by atoms with E-state index in [1.165, 1.54) is 37.0 Å². The number of aromatic nitrogens is 1. The Hall–Kier alpha value is -1.03. The Bertz CT molecular complexity index is 464. The Morgan fingerprint density at radius 2 is 2.30 bits per heavy atom. The molecule has 3 nitrogen and oxygen atoms in total. The normalized spacial score (nSPS) is 31.6. The Kier molecular flexibility index (Phi) is 4.29. The van der Waals surface area contributed by atoms with Gasteiger partial charge in [-0.2, -0.15) is 0 Å². The molecule has 0 bridgehead atoms. The van der Waals surface area contributed by atoms with Gasteiger partial charge in [-0.15, -0.1) is 0 Å². The highest BCUT2D eigenvalue weighted by Crippen LogP contribution is 2.38. The lowest BCUT2D eigenvalue weighted by atomic mass is 9.78. The van der Waals surface area contributed by atoms with Gasteiger partial charge in [0.15, 0.2) is 5.17 Å². The smallest absolute Gasteiger partial charge is 0.157 e. The van der Waals surface area contributed by atoms with Crippen LogP contribution in [0.1, 0.15) is 38.2 Å². The van der Waals surface area contributed by atoms with Gasteiger partial charge in [0.1, 0.15) is 0 Å². The predicted octanol–water partition coefficient (Wildman–Crippen LogP) is 3.27. The lowest BCUT2D eigenvalue weighted by Gasteiger charge is -2.35. The molecule has 2 fully saturated rings. The SMILES string of the molecule is CC1CCC2(CC1)CSC(=NCCc1cccnc1)N2. The van der Waals surface area contributed by atoms with Crippen molar-refractivity contribution in [3.8, 4) is 0 Å². The summed E-state index contributed by atoms with van der Waals surface area (Å²) < 4.78 is 0. The molecule has 20 heavy (non-hydrogen) atoms. The minimum Gasteiger partial charge on any atom is -0.359 e. The standard InChI is InChI=1S/C16H23N3S/c1-13-4-7-16(8-5-13)12-20-15(19-16)18-10-6-14-3-2-9-17-11-14/h2-3,9,11,13H,4-8,10,12H2,1H3,(H,18,19). The van der Waals surface area contributed by atoms with E-state index in [2.05, 4.69) is 23.3 Å². The molecule has 0 radical (unpaired) electrons. The number of nitrogens with zero attached hydrogens (tertiary/aromatic N) is 2. The van der Waals surface area contributed by atoms with Crippen molar-refractivity contribution < 1.29 is 0 Å². The second-order valence-corrected chi connectivity index (χ2v) is 7.14. The van der Waals surface area contributed by atoms with E-state index >= 15 is 0 Å². The maximum Gasteiger partial charge on any atom is 0.157 e. The van der Waals surface area contributed by atoms with Crippen molar-refractivity contribution in [2.75, 3.05) is 12.3 Å². The number of nitrogens with one attached hydrogen (secondary N) is 1. The van der Waals surface area contributed by atoms with E-state index < -0.39 is 0 Å². The van der Waals surface area contributed by atoms with Crippen LogP contribution < -0.4 is 5.32 Å². The zero-order chi connectivity index (χ0) is 13.8. The lowest BCUT2D eigenvalue weighted by molar-refractivity contribution is 0.251. The van der Waals surface area contributed by atoms with Gasteiger partial charge in [-0.1, -0.05) is 24.8 Å². The second-order valence-electron chi connectivity index (χ2n) is 6.17. The van der Waals surface area contributed by atoms with Crippen molar-refractivity contribution in [3.63, 3.8) is 0 Å². The fraction of sp³-hybridized carbons (Fsp3) is 0.625. The van der Waals surface area contributed by atoms with Crippen LogP contribution in [0, 0.1) is 5.92 Å². The molecule has 0 aromatic carbocycles. The first-order valence-electron chi connectivity index (χ1n) is 7.60. The highest BCUT2D eigenvalue weighted by molar-refractivity contribution is 8.14. The molecule has 1 saturated heterocycles. The monoisotopic (exact) mass is 289 g/mol. The average molecular weight is 289 g/mol. The number of rotatable bonds is 3. The van der Waals surface area contributed by atoms with E-state index in [9.17, 15) is 0 Å². The van der Waals surface area contributed by atoms with Crippen LogP contribution in [-0.4, -0.2) is 28.0 Å². The number of aliphatic imine (C=N–C) groups is 1. The third-order valence-corrected chi connectivity index (χ3v) is 5.67. The first-order chi connectivity index (χ1) is 9.76. The summed E-state index contributed by atoms with van der Waals surface area (Å²) in [7, 11) is 0. The van der Waals surface area contributed by atoms with Crippen molar-refractivity contribution in [2.45, 2.75) is 44.6 Å². The summed E-state index contributed by atoms with van der Waals surface area (Å²) in [6.07, 6.45) is 10.1. The number of thioether (sulfide) groups is 1. The van der Waals surface area contributed by atoms with Crippen molar-refractivity contribution in [3.05, 3.63) is 30.1 Å². The molecule has 1 aliphatic heterocycles. The van der Waals surface area contributed by atoms with Crippen molar-refractivity contribution in [2.24, 2.45) is 10.9 Å². The van der Waals surface area contributed by atoms with Gasteiger partial charge in [0, 0.05) is 30.2 Å². The van der Waals surface area contributed by atoms with Crippen molar-refractivity contribution >= 4 is 16.9 Å². The largest absolute Gasteiger partial charge is 0.359 e. The number of pyridine rings is 1. The van der Waals surface area contributed by atoms with E-state index in [1.54, 1.807) is 0 Å². The van der Waals surface area contributed by atoms with Crippen LogP contribution in [0.2, 0.25) is 0 Å². The molecule has 3 rings (SSSR count). The second kappa shape index (κ2) is 6.17. The molecular formula is C16H23N3S. The van der Waals surface area contributed by atoms with Crippen LogP contribution in [-0.2, 0) is 6.42 Å². The minimum atomic E-state index is 0.352. The molecule has 1 spiro atoms. The molecule has 108 valence electrons. The molecule has 0 amide bonds. The van der Waals surface area contributed by atoms with Gasteiger partial charge in [0.2, 0.25) is 0 Å². The summed E-state index contributed by atoms with van der Waals surface area (Å²) in [6, 6.07) is 4.11.